The van der Waals surface area contributed by atoms with E-state index in [1.165, 1.54) is 6.07 Å². The largest absolute Gasteiger partial charge is 0.255 e. The molecule has 1 heterocycles. The number of hydrogen-bond donors (Lipinski definition) is 0. The van der Waals surface area contributed by atoms with E-state index in [0.717, 1.165) is 20.9 Å². The molecule has 2 rings (SSSR count). The Bertz CT molecular complexity index is 503. The summed E-state index contributed by atoms with van der Waals surface area (Å²) in [6, 6.07) is 4.69. The normalized spacial score (nSPS) is 11.3. The third-order valence-corrected chi connectivity index (χ3v) is 3.03. The Morgan fingerprint density at radius 3 is 2.73 bits per heavy atom. The van der Waals surface area contributed by atoms with Gasteiger partial charge in [-0.1, -0.05) is 13.8 Å². The highest BCUT2D eigenvalue weighted by atomic mass is 79.9. The second kappa shape index (κ2) is 3.89. The Morgan fingerprint density at radius 1 is 1.33 bits per heavy atom. The van der Waals surface area contributed by atoms with Gasteiger partial charge in [0.2, 0.25) is 0 Å². The van der Waals surface area contributed by atoms with E-state index in [2.05, 4.69) is 34.8 Å². The van der Waals surface area contributed by atoms with Crippen LogP contribution in [0.3, 0.4) is 0 Å². The van der Waals surface area contributed by atoms with Crippen molar-refractivity contribution in [1.82, 2.24) is 4.98 Å². The van der Waals surface area contributed by atoms with Crippen molar-refractivity contribution in [2.75, 3.05) is 0 Å². The Hall–Kier alpha value is -0.960. The predicted molar refractivity (Wildman–Crippen MR) is 63.5 cm³/mol. The summed E-state index contributed by atoms with van der Waals surface area (Å²) >= 11 is 3.46. The van der Waals surface area contributed by atoms with Crippen LogP contribution in [0.15, 0.2) is 28.9 Å². The van der Waals surface area contributed by atoms with E-state index in [0.29, 0.717) is 5.92 Å². The van der Waals surface area contributed by atoms with Crippen molar-refractivity contribution in [3.63, 3.8) is 0 Å². The molecule has 2 aromatic rings. The molecule has 1 aromatic carbocycles. The molecular weight excluding hydrogens is 257 g/mol. The third kappa shape index (κ3) is 1.88. The van der Waals surface area contributed by atoms with Gasteiger partial charge in [-0.2, -0.15) is 0 Å². The fourth-order valence-electron chi connectivity index (χ4n) is 1.75. The van der Waals surface area contributed by atoms with Crippen LogP contribution in [-0.2, 0) is 0 Å². The number of benzene rings is 1. The lowest BCUT2D eigenvalue weighted by Gasteiger charge is -2.11. The van der Waals surface area contributed by atoms with Gasteiger partial charge in [0.25, 0.3) is 0 Å². The first kappa shape index (κ1) is 10.6. The number of fused-ring (bicyclic) bond motifs is 1. The molecule has 0 fully saturated rings. The van der Waals surface area contributed by atoms with Gasteiger partial charge in [0, 0.05) is 16.1 Å². The number of halogens is 2. The van der Waals surface area contributed by atoms with Crippen molar-refractivity contribution in [3.05, 3.63) is 40.2 Å². The van der Waals surface area contributed by atoms with Gasteiger partial charge >= 0.3 is 0 Å². The maximum Gasteiger partial charge on any atom is 0.123 e. The summed E-state index contributed by atoms with van der Waals surface area (Å²) < 4.78 is 14.1. The van der Waals surface area contributed by atoms with Gasteiger partial charge in [-0.15, -0.1) is 0 Å². The predicted octanol–water partition coefficient (Wildman–Crippen LogP) is 4.26. The average molecular weight is 268 g/mol. The molecule has 0 aliphatic carbocycles. The molecule has 0 radical (unpaired) electrons. The van der Waals surface area contributed by atoms with Crippen LogP contribution >= 0.6 is 15.9 Å². The molecule has 1 nitrogen and oxygen atoms in total. The van der Waals surface area contributed by atoms with Crippen LogP contribution in [0.4, 0.5) is 4.39 Å². The van der Waals surface area contributed by atoms with Gasteiger partial charge in [-0.25, -0.2) is 4.39 Å². The van der Waals surface area contributed by atoms with Crippen LogP contribution in [-0.4, -0.2) is 4.98 Å². The molecule has 0 saturated carbocycles. The lowest BCUT2D eigenvalue weighted by Crippen LogP contribution is -1.94. The monoisotopic (exact) mass is 267 g/mol. The summed E-state index contributed by atoms with van der Waals surface area (Å²) in [5.74, 6) is 0.121. The Labute approximate surface area is 96.5 Å². The van der Waals surface area contributed by atoms with E-state index in [-0.39, 0.29) is 5.82 Å². The number of pyridine rings is 1. The highest BCUT2D eigenvalue weighted by Crippen LogP contribution is 2.31. The maximum absolute atomic E-state index is 13.2. The summed E-state index contributed by atoms with van der Waals surface area (Å²) in [6.07, 6.45) is 1.77. The maximum atomic E-state index is 13.2. The molecule has 0 saturated heterocycles. The number of nitrogens with zero attached hydrogens (tertiary/aromatic N) is 1. The number of hydrogen-bond acceptors (Lipinski definition) is 1. The van der Waals surface area contributed by atoms with Crippen LogP contribution in [0.5, 0.6) is 0 Å². The zero-order valence-corrected chi connectivity index (χ0v) is 10.2. The first-order chi connectivity index (χ1) is 7.09. The van der Waals surface area contributed by atoms with Crippen LogP contribution in [0, 0.1) is 5.82 Å². The molecule has 0 unspecified atom stereocenters. The highest BCUT2D eigenvalue weighted by molar-refractivity contribution is 9.10. The summed E-state index contributed by atoms with van der Waals surface area (Å²) in [6.45, 7) is 4.18. The minimum Gasteiger partial charge on any atom is -0.255 e. The smallest absolute Gasteiger partial charge is 0.123 e. The molecule has 0 spiro atoms. The minimum absolute atomic E-state index is 0.218. The molecule has 1 aromatic heterocycles. The Kier molecular flexibility index (Phi) is 2.74. The quantitative estimate of drug-likeness (QED) is 0.753. The standard InChI is InChI=1S/C12H11BrFN/c1-7(2)12-9-5-8(14)3-4-11(9)15-6-10(12)13/h3-7H,1-2H3. The van der Waals surface area contributed by atoms with Crippen molar-refractivity contribution >= 4 is 26.8 Å². The van der Waals surface area contributed by atoms with Gasteiger partial charge in [-0.3, -0.25) is 4.98 Å². The zero-order chi connectivity index (χ0) is 11.0. The van der Waals surface area contributed by atoms with Crippen LogP contribution in [0.1, 0.15) is 25.3 Å². The summed E-state index contributed by atoms with van der Waals surface area (Å²) in [5.41, 5.74) is 1.95. The first-order valence-corrected chi connectivity index (χ1v) is 5.62. The topological polar surface area (TPSA) is 12.9 Å². The molecule has 3 heteroatoms. The minimum atomic E-state index is -0.218. The SMILES string of the molecule is CC(C)c1c(Br)cnc2ccc(F)cc12. The van der Waals surface area contributed by atoms with E-state index in [1.54, 1.807) is 18.3 Å². The molecule has 0 N–H and O–H groups in total. The second-order valence-electron chi connectivity index (χ2n) is 3.84. The molecular formula is C12H11BrFN. The fraction of sp³-hybridized carbons (Fsp3) is 0.250. The summed E-state index contributed by atoms with van der Waals surface area (Å²) in [4.78, 5) is 4.25. The van der Waals surface area contributed by atoms with Gasteiger partial charge in [-0.05, 0) is 45.6 Å². The van der Waals surface area contributed by atoms with Gasteiger partial charge in [0.1, 0.15) is 5.82 Å². The zero-order valence-electron chi connectivity index (χ0n) is 8.59. The van der Waals surface area contributed by atoms with Crippen molar-refractivity contribution in [1.29, 1.82) is 0 Å². The molecule has 0 aliphatic rings. The molecule has 78 valence electrons. The van der Waals surface area contributed by atoms with Crippen molar-refractivity contribution in [2.45, 2.75) is 19.8 Å². The van der Waals surface area contributed by atoms with Crippen molar-refractivity contribution in [2.24, 2.45) is 0 Å². The van der Waals surface area contributed by atoms with E-state index < -0.39 is 0 Å². The average Bonchev–Trinajstić information content (AvgIpc) is 2.16. The molecule has 0 aliphatic heterocycles. The van der Waals surface area contributed by atoms with E-state index in [4.69, 9.17) is 0 Å². The lowest BCUT2D eigenvalue weighted by atomic mass is 9.99. The van der Waals surface area contributed by atoms with Crippen LogP contribution in [0.2, 0.25) is 0 Å². The van der Waals surface area contributed by atoms with Gasteiger partial charge < -0.3 is 0 Å². The molecule has 0 atom stereocenters. The van der Waals surface area contributed by atoms with Gasteiger partial charge in [0.05, 0.1) is 5.52 Å². The molecule has 0 bridgehead atoms. The van der Waals surface area contributed by atoms with E-state index in [1.807, 2.05) is 0 Å². The fourth-order valence-corrected chi connectivity index (χ4v) is 2.52. The first-order valence-electron chi connectivity index (χ1n) is 4.83. The van der Waals surface area contributed by atoms with E-state index >= 15 is 0 Å². The summed E-state index contributed by atoms with van der Waals surface area (Å²) in [5, 5.41) is 0.888. The third-order valence-electron chi connectivity index (χ3n) is 2.40. The molecule has 15 heavy (non-hydrogen) atoms. The number of aromatic nitrogens is 1. The number of rotatable bonds is 1. The van der Waals surface area contributed by atoms with E-state index in [9.17, 15) is 4.39 Å². The van der Waals surface area contributed by atoms with Crippen LogP contribution in [0.25, 0.3) is 10.9 Å². The van der Waals surface area contributed by atoms with Crippen molar-refractivity contribution in [3.8, 4) is 0 Å². The summed E-state index contributed by atoms with van der Waals surface area (Å²) in [7, 11) is 0. The Balaban J connectivity index is 2.84. The van der Waals surface area contributed by atoms with Crippen molar-refractivity contribution < 1.29 is 4.39 Å². The Morgan fingerprint density at radius 2 is 2.07 bits per heavy atom. The lowest BCUT2D eigenvalue weighted by molar-refractivity contribution is 0.629. The second-order valence-corrected chi connectivity index (χ2v) is 4.69. The highest BCUT2D eigenvalue weighted by Gasteiger charge is 2.10. The van der Waals surface area contributed by atoms with Gasteiger partial charge in [0.15, 0.2) is 0 Å². The molecule has 0 amide bonds. The van der Waals surface area contributed by atoms with Crippen LogP contribution < -0.4 is 0 Å².